The van der Waals surface area contributed by atoms with E-state index in [9.17, 15) is 9.59 Å². The van der Waals surface area contributed by atoms with Crippen LogP contribution in [0, 0.1) is 0 Å². The van der Waals surface area contributed by atoms with E-state index in [1.54, 1.807) is 12.1 Å². The van der Waals surface area contributed by atoms with Crippen molar-refractivity contribution in [2.24, 2.45) is 0 Å². The molecule has 6 nitrogen and oxygen atoms in total. The maximum Gasteiger partial charge on any atom is 0.334 e. The van der Waals surface area contributed by atoms with Crippen LogP contribution in [0.4, 0.5) is 0 Å². The number of ether oxygens (including phenoxy) is 2. The molecule has 0 saturated carbocycles. The third kappa shape index (κ3) is 4.33. The largest absolute Gasteiger partial charge is 0.482 e. The van der Waals surface area contributed by atoms with Crippen LogP contribution < -0.4 is 4.74 Å². The zero-order valence-electron chi connectivity index (χ0n) is 13.9. The Hall–Kier alpha value is -2.57. The van der Waals surface area contributed by atoms with Gasteiger partial charge in [-0.2, -0.15) is 0 Å². The highest BCUT2D eigenvalue weighted by Gasteiger charge is 2.29. The summed E-state index contributed by atoms with van der Waals surface area (Å²) in [6.45, 7) is 0.330. The number of carbonyl (C=O) groups is 2. The lowest BCUT2D eigenvalue weighted by molar-refractivity contribution is -0.159. The van der Waals surface area contributed by atoms with Crippen LogP contribution in [0.5, 0.6) is 5.75 Å². The molecule has 26 heavy (non-hydrogen) atoms. The quantitative estimate of drug-likeness (QED) is 0.869. The van der Waals surface area contributed by atoms with Crippen molar-refractivity contribution >= 4 is 23.5 Å². The molecule has 1 unspecified atom stereocenters. The predicted octanol–water partition coefficient (Wildman–Crippen LogP) is 2.70. The zero-order chi connectivity index (χ0) is 18.5. The Bertz CT molecular complexity index is 796. The SMILES string of the molecule is O=C(O)C1CN(C(=O)COc2ccc(-c3ccccc3)cc2Cl)CCO1. The number of amides is 1. The monoisotopic (exact) mass is 375 g/mol. The summed E-state index contributed by atoms with van der Waals surface area (Å²) in [7, 11) is 0. The Morgan fingerprint density at radius 1 is 1.19 bits per heavy atom. The van der Waals surface area contributed by atoms with E-state index in [4.69, 9.17) is 26.2 Å². The number of hydrogen-bond donors (Lipinski definition) is 1. The maximum atomic E-state index is 12.2. The lowest BCUT2D eigenvalue weighted by Gasteiger charge is -2.30. The van der Waals surface area contributed by atoms with Crippen molar-refractivity contribution in [3.05, 3.63) is 53.6 Å². The number of carboxylic acids is 1. The van der Waals surface area contributed by atoms with Gasteiger partial charge < -0.3 is 19.5 Å². The highest BCUT2D eigenvalue weighted by atomic mass is 35.5. The van der Waals surface area contributed by atoms with Crippen molar-refractivity contribution in [2.75, 3.05) is 26.3 Å². The van der Waals surface area contributed by atoms with Gasteiger partial charge in [0, 0.05) is 6.54 Å². The first-order valence-electron chi connectivity index (χ1n) is 8.14. The number of carbonyl (C=O) groups excluding carboxylic acids is 1. The smallest absolute Gasteiger partial charge is 0.334 e. The molecule has 2 aromatic carbocycles. The number of benzene rings is 2. The average molecular weight is 376 g/mol. The minimum Gasteiger partial charge on any atom is -0.482 e. The molecule has 7 heteroatoms. The number of hydrogen-bond acceptors (Lipinski definition) is 4. The summed E-state index contributed by atoms with van der Waals surface area (Å²) >= 11 is 6.27. The summed E-state index contributed by atoms with van der Waals surface area (Å²) in [5.74, 6) is -0.978. The van der Waals surface area contributed by atoms with Gasteiger partial charge in [-0.15, -0.1) is 0 Å². The van der Waals surface area contributed by atoms with Crippen LogP contribution >= 0.6 is 11.6 Å². The second kappa shape index (κ2) is 8.21. The van der Waals surface area contributed by atoms with E-state index >= 15 is 0 Å². The van der Waals surface area contributed by atoms with Gasteiger partial charge in [-0.05, 0) is 23.3 Å². The molecule has 0 aliphatic carbocycles. The van der Waals surface area contributed by atoms with E-state index in [0.29, 0.717) is 17.3 Å². The lowest BCUT2D eigenvalue weighted by Crippen LogP contribution is -2.49. The molecule has 3 rings (SSSR count). The molecule has 1 N–H and O–H groups in total. The summed E-state index contributed by atoms with van der Waals surface area (Å²) in [5.41, 5.74) is 1.98. The molecule has 2 aromatic rings. The Morgan fingerprint density at radius 2 is 1.96 bits per heavy atom. The Morgan fingerprint density at radius 3 is 2.65 bits per heavy atom. The zero-order valence-corrected chi connectivity index (χ0v) is 14.7. The molecule has 0 radical (unpaired) electrons. The third-order valence-electron chi connectivity index (χ3n) is 4.08. The van der Waals surface area contributed by atoms with E-state index in [2.05, 4.69) is 0 Å². The van der Waals surface area contributed by atoms with Gasteiger partial charge >= 0.3 is 5.97 Å². The van der Waals surface area contributed by atoms with Crippen molar-refractivity contribution in [2.45, 2.75) is 6.10 Å². The summed E-state index contributed by atoms with van der Waals surface area (Å²) in [4.78, 5) is 24.7. The molecule has 0 spiro atoms. The van der Waals surface area contributed by atoms with Gasteiger partial charge in [-0.3, -0.25) is 4.79 Å². The molecule has 1 saturated heterocycles. The molecular formula is C19H18ClNO5. The van der Waals surface area contributed by atoms with E-state index in [1.807, 2.05) is 36.4 Å². The Labute approximate surface area is 155 Å². The van der Waals surface area contributed by atoms with E-state index in [0.717, 1.165) is 11.1 Å². The van der Waals surface area contributed by atoms with E-state index in [1.165, 1.54) is 4.90 Å². The molecule has 1 atom stereocenters. The molecule has 0 aromatic heterocycles. The second-order valence-corrected chi connectivity index (χ2v) is 6.24. The van der Waals surface area contributed by atoms with Gasteiger partial charge in [-0.25, -0.2) is 4.79 Å². The minimum absolute atomic E-state index is 0.0121. The predicted molar refractivity (Wildman–Crippen MR) is 96.3 cm³/mol. The molecular weight excluding hydrogens is 358 g/mol. The summed E-state index contributed by atoms with van der Waals surface area (Å²) in [6, 6.07) is 15.2. The van der Waals surface area contributed by atoms with Gasteiger partial charge in [0.1, 0.15) is 5.75 Å². The van der Waals surface area contributed by atoms with Crippen LogP contribution in [-0.4, -0.2) is 54.3 Å². The van der Waals surface area contributed by atoms with Gasteiger partial charge in [0.2, 0.25) is 0 Å². The average Bonchev–Trinajstić information content (AvgIpc) is 2.67. The van der Waals surface area contributed by atoms with Crippen molar-refractivity contribution in [1.29, 1.82) is 0 Å². The summed E-state index contributed by atoms with van der Waals surface area (Å²) < 4.78 is 10.6. The second-order valence-electron chi connectivity index (χ2n) is 5.84. The van der Waals surface area contributed by atoms with Crippen molar-refractivity contribution in [1.82, 2.24) is 4.90 Å². The number of carboxylic acid groups (broad SMARTS) is 1. The summed E-state index contributed by atoms with van der Waals surface area (Å²) in [6.07, 6.45) is -0.999. The van der Waals surface area contributed by atoms with Gasteiger partial charge in [-0.1, -0.05) is 48.0 Å². The number of morpholine rings is 1. The lowest BCUT2D eigenvalue weighted by atomic mass is 10.1. The number of aliphatic carboxylic acids is 1. The molecule has 1 heterocycles. The van der Waals surface area contributed by atoms with Crippen LogP contribution in [-0.2, 0) is 14.3 Å². The third-order valence-corrected chi connectivity index (χ3v) is 4.38. The molecule has 1 aliphatic heterocycles. The fourth-order valence-electron chi connectivity index (χ4n) is 2.68. The van der Waals surface area contributed by atoms with Crippen molar-refractivity contribution < 1.29 is 24.2 Å². The fourth-order valence-corrected chi connectivity index (χ4v) is 2.92. The minimum atomic E-state index is -1.08. The summed E-state index contributed by atoms with van der Waals surface area (Å²) in [5, 5.41) is 9.40. The van der Waals surface area contributed by atoms with Crippen LogP contribution in [0.2, 0.25) is 5.02 Å². The Balaban J connectivity index is 1.61. The molecule has 1 aliphatic rings. The number of rotatable bonds is 5. The van der Waals surface area contributed by atoms with Gasteiger partial charge in [0.15, 0.2) is 12.7 Å². The van der Waals surface area contributed by atoms with Crippen LogP contribution in [0.25, 0.3) is 11.1 Å². The van der Waals surface area contributed by atoms with Crippen molar-refractivity contribution in [3.63, 3.8) is 0 Å². The maximum absolute atomic E-state index is 12.2. The standard InChI is InChI=1S/C19H18ClNO5/c20-15-10-14(13-4-2-1-3-5-13)6-7-16(15)26-12-18(22)21-8-9-25-17(11-21)19(23)24/h1-7,10,17H,8-9,11-12H2,(H,23,24). The van der Waals surface area contributed by atoms with E-state index < -0.39 is 12.1 Å². The first-order chi connectivity index (χ1) is 12.5. The van der Waals surface area contributed by atoms with Gasteiger partial charge in [0.25, 0.3) is 5.91 Å². The topological polar surface area (TPSA) is 76.1 Å². The van der Waals surface area contributed by atoms with E-state index in [-0.39, 0.29) is 25.7 Å². The molecule has 136 valence electrons. The Kier molecular flexibility index (Phi) is 5.75. The number of halogens is 1. The van der Waals surface area contributed by atoms with Crippen LogP contribution in [0.15, 0.2) is 48.5 Å². The first kappa shape index (κ1) is 18.2. The fraction of sp³-hybridized carbons (Fsp3) is 0.263. The van der Waals surface area contributed by atoms with Crippen LogP contribution in [0.1, 0.15) is 0 Å². The highest BCUT2D eigenvalue weighted by Crippen LogP contribution is 2.30. The number of nitrogens with zero attached hydrogens (tertiary/aromatic N) is 1. The first-order valence-corrected chi connectivity index (χ1v) is 8.52. The molecule has 1 amide bonds. The molecule has 0 bridgehead atoms. The molecule has 1 fully saturated rings. The van der Waals surface area contributed by atoms with Gasteiger partial charge in [0.05, 0.1) is 18.2 Å². The normalized spacial score (nSPS) is 17.0. The van der Waals surface area contributed by atoms with Crippen LogP contribution in [0.3, 0.4) is 0 Å². The highest BCUT2D eigenvalue weighted by molar-refractivity contribution is 6.32. The van der Waals surface area contributed by atoms with Crippen molar-refractivity contribution in [3.8, 4) is 16.9 Å².